The number of hydrogen-bond donors (Lipinski definition) is 0. The summed E-state index contributed by atoms with van der Waals surface area (Å²) in [5, 5.41) is 3.44. The summed E-state index contributed by atoms with van der Waals surface area (Å²) in [5.74, 6) is 0. The van der Waals surface area contributed by atoms with Gasteiger partial charge in [-0.2, -0.15) is 0 Å². The van der Waals surface area contributed by atoms with Crippen LogP contribution in [-0.2, 0) is 7.05 Å². The zero-order chi connectivity index (χ0) is 12.0. The Bertz CT molecular complexity index is 784. The number of hydrogen-bond acceptors (Lipinski definition) is 1. The van der Waals surface area contributed by atoms with E-state index in [1.165, 1.54) is 5.39 Å². The Balaban J connectivity index is 2.70. The SMILES string of the molecule is Cc1cc(=O)n(C)c2c1ccc1ccccc12. The smallest absolute Gasteiger partial charge is 0.251 e. The van der Waals surface area contributed by atoms with Crippen LogP contribution in [0.25, 0.3) is 21.7 Å². The molecule has 0 aliphatic rings. The van der Waals surface area contributed by atoms with Crippen LogP contribution in [-0.4, -0.2) is 4.57 Å². The van der Waals surface area contributed by atoms with Crippen molar-refractivity contribution in [2.24, 2.45) is 7.05 Å². The van der Waals surface area contributed by atoms with Gasteiger partial charge >= 0.3 is 0 Å². The predicted octanol–water partition coefficient (Wildman–Crippen LogP) is 3.00. The number of pyridine rings is 1. The summed E-state index contributed by atoms with van der Waals surface area (Å²) < 4.78 is 1.73. The van der Waals surface area contributed by atoms with Crippen LogP contribution in [0.4, 0.5) is 0 Å². The standard InChI is InChI=1S/C15H13NO/c1-10-9-14(17)16(2)15-12(10)8-7-11-5-3-4-6-13(11)15/h3-9H,1-2H3. The van der Waals surface area contributed by atoms with E-state index in [1.54, 1.807) is 10.6 Å². The van der Waals surface area contributed by atoms with Gasteiger partial charge < -0.3 is 4.57 Å². The maximum Gasteiger partial charge on any atom is 0.251 e. The van der Waals surface area contributed by atoms with Gasteiger partial charge in [0.1, 0.15) is 0 Å². The molecular weight excluding hydrogens is 210 g/mol. The number of aryl methyl sites for hydroxylation is 2. The van der Waals surface area contributed by atoms with Crippen LogP contribution in [0.3, 0.4) is 0 Å². The molecule has 2 heteroatoms. The van der Waals surface area contributed by atoms with Gasteiger partial charge in [-0.3, -0.25) is 4.79 Å². The molecule has 0 saturated carbocycles. The summed E-state index contributed by atoms with van der Waals surface area (Å²) in [4.78, 5) is 11.9. The van der Waals surface area contributed by atoms with Crippen LogP contribution in [0.5, 0.6) is 0 Å². The molecular formula is C15H13NO. The minimum Gasteiger partial charge on any atom is -0.311 e. The van der Waals surface area contributed by atoms with Gasteiger partial charge in [-0.05, 0) is 17.9 Å². The van der Waals surface area contributed by atoms with Crippen LogP contribution < -0.4 is 5.56 Å². The monoisotopic (exact) mass is 223 g/mol. The van der Waals surface area contributed by atoms with Crippen molar-refractivity contribution in [1.29, 1.82) is 0 Å². The van der Waals surface area contributed by atoms with E-state index in [1.807, 2.05) is 26.1 Å². The fourth-order valence-electron chi connectivity index (χ4n) is 2.40. The van der Waals surface area contributed by atoms with Gasteiger partial charge in [-0.25, -0.2) is 0 Å². The van der Waals surface area contributed by atoms with Crippen molar-refractivity contribution in [2.75, 3.05) is 0 Å². The van der Waals surface area contributed by atoms with E-state index < -0.39 is 0 Å². The molecule has 0 bridgehead atoms. The Morgan fingerprint density at radius 3 is 2.59 bits per heavy atom. The van der Waals surface area contributed by atoms with Gasteiger partial charge in [0.05, 0.1) is 5.52 Å². The van der Waals surface area contributed by atoms with Crippen LogP contribution in [0.2, 0.25) is 0 Å². The highest BCUT2D eigenvalue weighted by molar-refractivity contribution is 6.06. The molecule has 0 fully saturated rings. The molecule has 0 aliphatic heterocycles. The molecule has 3 rings (SSSR count). The van der Waals surface area contributed by atoms with E-state index in [0.29, 0.717) is 0 Å². The Morgan fingerprint density at radius 2 is 1.76 bits per heavy atom. The number of benzene rings is 2. The maximum absolute atomic E-state index is 11.9. The van der Waals surface area contributed by atoms with E-state index >= 15 is 0 Å². The average Bonchev–Trinajstić information content (AvgIpc) is 2.35. The van der Waals surface area contributed by atoms with E-state index in [4.69, 9.17) is 0 Å². The molecule has 3 aromatic rings. The van der Waals surface area contributed by atoms with Crippen molar-refractivity contribution in [1.82, 2.24) is 4.57 Å². The third-order valence-corrected chi connectivity index (χ3v) is 3.33. The Morgan fingerprint density at radius 1 is 1.00 bits per heavy atom. The minimum absolute atomic E-state index is 0.0475. The van der Waals surface area contributed by atoms with Crippen molar-refractivity contribution in [3.8, 4) is 0 Å². The van der Waals surface area contributed by atoms with Crippen molar-refractivity contribution < 1.29 is 0 Å². The summed E-state index contributed by atoms with van der Waals surface area (Å²) in [6.45, 7) is 1.98. The predicted molar refractivity (Wildman–Crippen MR) is 71.4 cm³/mol. The van der Waals surface area contributed by atoms with Crippen molar-refractivity contribution >= 4 is 21.7 Å². The second-order valence-corrected chi connectivity index (χ2v) is 4.41. The number of nitrogens with zero attached hydrogens (tertiary/aromatic N) is 1. The lowest BCUT2D eigenvalue weighted by Crippen LogP contribution is -2.16. The van der Waals surface area contributed by atoms with E-state index in [9.17, 15) is 4.79 Å². The molecule has 17 heavy (non-hydrogen) atoms. The summed E-state index contributed by atoms with van der Waals surface area (Å²) in [5.41, 5.74) is 2.10. The average molecular weight is 223 g/mol. The number of fused-ring (bicyclic) bond motifs is 3. The first-order valence-corrected chi connectivity index (χ1v) is 5.66. The molecule has 1 heterocycles. The highest BCUT2D eigenvalue weighted by atomic mass is 16.1. The molecule has 0 unspecified atom stereocenters. The van der Waals surface area contributed by atoms with Crippen LogP contribution >= 0.6 is 0 Å². The van der Waals surface area contributed by atoms with Gasteiger partial charge in [0, 0.05) is 23.9 Å². The van der Waals surface area contributed by atoms with Gasteiger partial charge in [0.25, 0.3) is 5.56 Å². The fraction of sp³-hybridized carbons (Fsp3) is 0.133. The number of aromatic nitrogens is 1. The van der Waals surface area contributed by atoms with Crippen molar-refractivity contribution in [3.63, 3.8) is 0 Å². The van der Waals surface area contributed by atoms with Gasteiger partial charge in [0.15, 0.2) is 0 Å². The topological polar surface area (TPSA) is 22.0 Å². The summed E-state index contributed by atoms with van der Waals surface area (Å²) in [6.07, 6.45) is 0. The zero-order valence-electron chi connectivity index (χ0n) is 9.90. The molecule has 0 spiro atoms. The second kappa shape index (κ2) is 3.45. The second-order valence-electron chi connectivity index (χ2n) is 4.41. The molecule has 2 nitrogen and oxygen atoms in total. The molecule has 0 amide bonds. The van der Waals surface area contributed by atoms with Crippen LogP contribution in [0, 0.1) is 6.92 Å². The largest absolute Gasteiger partial charge is 0.311 e. The maximum atomic E-state index is 11.9. The molecule has 0 radical (unpaired) electrons. The molecule has 0 aliphatic carbocycles. The molecule has 0 atom stereocenters. The fourth-order valence-corrected chi connectivity index (χ4v) is 2.40. The molecule has 84 valence electrons. The third kappa shape index (κ3) is 1.37. The minimum atomic E-state index is 0.0475. The number of rotatable bonds is 0. The lowest BCUT2D eigenvalue weighted by Gasteiger charge is -2.10. The van der Waals surface area contributed by atoms with Gasteiger partial charge in [0.2, 0.25) is 0 Å². The first kappa shape index (κ1) is 10.1. The third-order valence-electron chi connectivity index (χ3n) is 3.33. The Labute approximate surface area is 99.1 Å². The van der Waals surface area contributed by atoms with Crippen LogP contribution in [0.1, 0.15) is 5.56 Å². The highest BCUT2D eigenvalue weighted by Gasteiger charge is 2.06. The lowest BCUT2D eigenvalue weighted by molar-refractivity contribution is 0.907. The summed E-state index contributed by atoms with van der Waals surface area (Å²) >= 11 is 0. The first-order valence-electron chi connectivity index (χ1n) is 5.66. The van der Waals surface area contributed by atoms with Gasteiger partial charge in [-0.1, -0.05) is 36.4 Å². The van der Waals surface area contributed by atoms with E-state index in [0.717, 1.165) is 21.9 Å². The molecule has 1 aromatic heterocycles. The van der Waals surface area contributed by atoms with Crippen LogP contribution in [0.15, 0.2) is 47.3 Å². The quantitative estimate of drug-likeness (QED) is 0.537. The molecule has 0 N–H and O–H groups in total. The van der Waals surface area contributed by atoms with E-state index in [2.05, 4.69) is 24.3 Å². The van der Waals surface area contributed by atoms with E-state index in [-0.39, 0.29) is 5.56 Å². The summed E-state index contributed by atoms with van der Waals surface area (Å²) in [7, 11) is 1.83. The first-order chi connectivity index (χ1) is 8.18. The Hall–Kier alpha value is -2.09. The Kier molecular flexibility index (Phi) is 2.05. The van der Waals surface area contributed by atoms with Crippen molar-refractivity contribution in [2.45, 2.75) is 6.92 Å². The summed E-state index contributed by atoms with van der Waals surface area (Å²) in [6, 6.07) is 14.0. The molecule has 2 aromatic carbocycles. The lowest BCUT2D eigenvalue weighted by atomic mass is 10.0. The van der Waals surface area contributed by atoms with Gasteiger partial charge in [-0.15, -0.1) is 0 Å². The normalized spacial score (nSPS) is 11.2. The highest BCUT2D eigenvalue weighted by Crippen LogP contribution is 2.25. The zero-order valence-corrected chi connectivity index (χ0v) is 9.90. The van der Waals surface area contributed by atoms with Crippen molar-refractivity contribution in [3.05, 3.63) is 58.4 Å². The molecule has 0 saturated heterocycles.